The third kappa shape index (κ3) is 2.02. The van der Waals surface area contributed by atoms with Crippen molar-refractivity contribution >= 4 is 10.5 Å². The Balaban J connectivity index is 3.86. The largest absolute Gasteiger partial charge is 0.516 e. The molecule has 3 radical (unpaired) electrons. The average molecular weight is 129 g/mol. The summed E-state index contributed by atoms with van der Waals surface area (Å²) < 4.78 is 9.39. The van der Waals surface area contributed by atoms with Crippen LogP contribution in [0.3, 0.4) is 0 Å². The predicted octanol–water partition coefficient (Wildman–Crippen LogP) is 0.984. The third-order valence-corrected chi connectivity index (χ3v) is 0.872. The van der Waals surface area contributed by atoms with Gasteiger partial charge in [0.25, 0.3) is 5.95 Å². The number of hydrogen-bond acceptors (Lipinski definition) is 2. The van der Waals surface area contributed by atoms with E-state index in [4.69, 9.17) is 4.74 Å². The molecule has 0 heterocycles. The Morgan fingerprint density at radius 1 is 1.38 bits per heavy atom. The zero-order chi connectivity index (χ0) is 6.57. The maximum atomic E-state index is 4.77. The fraction of sp³-hybridized carbons (Fsp3) is 0.600. The summed E-state index contributed by atoms with van der Waals surface area (Å²) >= 11 is 0. The predicted molar refractivity (Wildman–Crippen MR) is 32.2 cm³/mol. The third-order valence-electron chi connectivity index (χ3n) is 0.686. The van der Waals surface area contributed by atoms with Crippen LogP contribution in [0.2, 0.25) is 0 Å². The molecule has 0 saturated heterocycles. The Labute approximate surface area is 53.0 Å². The highest BCUT2D eigenvalue weighted by Gasteiger charge is 1.92. The molecule has 0 amide bonds. The second kappa shape index (κ2) is 3.55. The topological polar surface area (TPSA) is 18.5 Å². The monoisotopic (exact) mass is 129 g/mol. The summed E-state index contributed by atoms with van der Waals surface area (Å²) in [6.45, 7) is 3.80. The van der Waals surface area contributed by atoms with Gasteiger partial charge in [0, 0.05) is 5.57 Å². The number of methoxy groups -OCH3 is 1. The molecule has 2 nitrogen and oxygen atoms in total. The summed E-state index contributed by atoms with van der Waals surface area (Å²) in [7, 11) is 4.40. The molecule has 0 spiro atoms. The lowest BCUT2D eigenvalue weighted by molar-refractivity contribution is 0.155. The van der Waals surface area contributed by atoms with Crippen LogP contribution in [-0.4, -0.2) is 17.6 Å². The zero-order valence-electron chi connectivity index (χ0n) is 5.32. The molecule has 0 fully saturated rings. The SMILES string of the molecule is COC(O[Si])=C(C)C. The zero-order valence-corrected chi connectivity index (χ0v) is 6.32. The van der Waals surface area contributed by atoms with Crippen molar-refractivity contribution in [2.75, 3.05) is 7.11 Å². The minimum absolute atomic E-state index is 0.515. The first-order valence-corrected chi connectivity index (χ1v) is 2.68. The van der Waals surface area contributed by atoms with E-state index in [0.29, 0.717) is 5.95 Å². The van der Waals surface area contributed by atoms with Crippen LogP contribution in [0.15, 0.2) is 11.5 Å². The molecule has 0 rings (SSSR count). The van der Waals surface area contributed by atoms with Crippen LogP contribution in [0, 0.1) is 0 Å². The van der Waals surface area contributed by atoms with Gasteiger partial charge in [-0.3, -0.25) is 0 Å². The Morgan fingerprint density at radius 3 is 1.88 bits per heavy atom. The van der Waals surface area contributed by atoms with Gasteiger partial charge in [0.15, 0.2) is 0 Å². The molecule has 0 aromatic carbocycles. The van der Waals surface area contributed by atoms with Crippen molar-refractivity contribution in [2.24, 2.45) is 0 Å². The summed E-state index contributed by atoms with van der Waals surface area (Å²) in [6, 6.07) is 0. The van der Waals surface area contributed by atoms with Crippen LogP contribution in [0.25, 0.3) is 0 Å². The van der Waals surface area contributed by atoms with Crippen LogP contribution in [-0.2, 0) is 9.16 Å². The van der Waals surface area contributed by atoms with Crippen LogP contribution in [0.1, 0.15) is 13.8 Å². The standard InChI is InChI=1S/C5H9O2Si/c1-4(2)5(6-3)7-8/h1-3H3. The van der Waals surface area contributed by atoms with E-state index < -0.39 is 0 Å². The second-order valence-corrected chi connectivity index (χ2v) is 1.80. The van der Waals surface area contributed by atoms with E-state index in [2.05, 4.69) is 14.9 Å². The lowest BCUT2D eigenvalue weighted by Crippen LogP contribution is -1.92. The molecular weight excluding hydrogens is 120 g/mol. The fourth-order valence-electron chi connectivity index (χ4n) is 0.348. The molecular formula is C5H9O2Si. The van der Waals surface area contributed by atoms with Gasteiger partial charge < -0.3 is 9.16 Å². The van der Waals surface area contributed by atoms with E-state index in [-0.39, 0.29) is 0 Å². The van der Waals surface area contributed by atoms with Crippen LogP contribution in [0.4, 0.5) is 0 Å². The summed E-state index contributed by atoms with van der Waals surface area (Å²) in [6.07, 6.45) is 0. The van der Waals surface area contributed by atoms with Crippen molar-refractivity contribution in [1.29, 1.82) is 0 Å². The van der Waals surface area contributed by atoms with Gasteiger partial charge in [-0.1, -0.05) is 0 Å². The highest BCUT2D eigenvalue weighted by atomic mass is 28.2. The van der Waals surface area contributed by atoms with E-state index in [9.17, 15) is 0 Å². The molecule has 0 unspecified atom stereocenters. The Kier molecular flexibility index (Phi) is 3.35. The second-order valence-electron chi connectivity index (χ2n) is 1.59. The fourth-order valence-corrected chi connectivity index (χ4v) is 0.635. The van der Waals surface area contributed by atoms with Crippen LogP contribution < -0.4 is 0 Å². The number of hydrogen-bond donors (Lipinski definition) is 0. The minimum Gasteiger partial charge on any atom is -0.516 e. The van der Waals surface area contributed by atoms with Gasteiger partial charge in [-0.2, -0.15) is 0 Å². The van der Waals surface area contributed by atoms with Crippen molar-refractivity contribution < 1.29 is 9.16 Å². The van der Waals surface area contributed by atoms with E-state index >= 15 is 0 Å². The molecule has 0 aromatic rings. The Hall–Kier alpha value is -0.443. The van der Waals surface area contributed by atoms with Gasteiger partial charge in [0.05, 0.1) is 7.11 Å². The quantitative estimate of drug-likeness (QED) is 0.409. The van der Waals surface area contributed by atoms with Crippen molar-refractivity contribution in [3.63, 3.8) is 0 Å². The normalized spacial score (nSPS) is 8.00. The highest BCUT2D eigenvalue weighted by molar-refractivity contribution is 5.98. The van der Waals surface area contributed by atoms with E-state index in [1.807, 2.05) is 13.8 Å². The first kappa shape index (κ1) is 7.56. The van der Waals surface area contributed by atoms with Gasteiger partial charge in [0.2, 0.25) is 0 Å². The lowest BCUT2D eigenvalue weighted by atomic mass is 10.4. The van der Waals surface area contributed by atoms with E-state index in [0.717, 1.165) is 5.57 Å². The van der Waals surface area contributed by atoms with Crippen LogP contribution in [0.5, 0.6) is 0 Å². The highest BCUT2D eigenvalue weighted by Crippen LogP contribution is 2.01. The maximum Gasteiger partial charge on any atom is 0.345 e. The first-order valence-electron chi connectivity index (χ1n) is 2.27. The van der Waals surface area contributed by atoms with Crippen molar-refractivity contribution in [3.8, 4) is 0 Å². The summed E-state index contributed by atoms with van der Waals surface area (Å²) in [5.74, 6) is 0.515. The number of ether oxygens (including phenoxy) is 1. The molecule has 0 aliphatic carbocycles. The molecule has 3 heteroatoms. The van der Waals surface area contributed by atoms with Gasteiger partial charge in [-0.05, 0) is 13.8 Å². The summed E-state index contributed by atoms with van der Waals surface area (Å²) in [4.78, 5) is 0. The average Bonchev–Trinajstić information content (AvgIpc) is 1.69. The smallest absolute Gasteiger partial charge is 0.345 e. The lowest BCUT2D eigenvalue weighted by Gasteiger charge is -2.04. The molecule has 0 aliphatic rings. The molecule has 45 valence electrons. The summed E-state index contributed by atoms with van der Waals surface area (Å²) in [5, 5.41) is 0. The summed E-state index contributed by atoms with van der Waals surface area (Å²) in [5.41, 5.74) is 1.00. The molecule has 0 saturated carbocycles. The number of allylic oxidation sites excluding steroid dienone is 1. The van der Waals surface area contributed by atoms with E-state index in [1.165, 1.54) is 0 Å². The van der Waals surface area contributed by atoms with Crippen molar-refractivity contribution in [3.05, 3.63) is 11.5 Å². The van der Waals surface area contributed by atoms with E-state index in [1.54, 1.807) is 7.11 Å². The van der Waals surface area contributed by atoms with Crippen LogP contribution >= 0.6 is 0 Å². The van der Waals surface area contributed by atoms with Gasteiger partial charge in [-0.15, -0.1) is 0 Å². The van der Waals surface area contributed by atoms with Crippen molar-refractivity contribution in [1.82, 2.24) is 0 Å². The number of rotatable bonds is 2. The van der Waals surface area contributed by atoms with Crippen molar-refractivity contribution in [2.45, 2.75) is 13.8 Å². The molecule has 0 aromatic heterocycles. The maximum absolute atomic E-state index is 4.77. The molecule has 0 bridgehead atoms. The molecule has 0 aliphatic heterocycles. The molecule has 0 atom stereocenters. The van der Waals surface area contributed by atoms with Gasteiger partial charge in [0.1, 0.15) is 0 Å². The Bertz CT molecular complexity index is 88.6. The Morgan fingerprint density at radius 2 is 1.88 bits per heavy atom. The molecule has 8 heavy (non-hydrogen) atoms. The van der Waals surface area contributed by atoms with Gasteiger partial charge in [-0.25, -0.2) is 0 Å². The minimum atomic E-state index is 0.515. The molecule has 0 N–H and O–H groups in total. The first-order chi connectivity index (χ1) is 3.72. The van der Waals surface area contributed by atoms with Gasteiger partial charge >= 0.3 is 10.5 Å².